The third-order valence-corrected chi connectivity index (χ3v) is 2.85. The minimum atomic E-state index is -0.485. The number of amides is 2. The van der Waals surface area contributed by atoms with Crippen molar-refractivity contribution in [3.63, 3.8) is 0 Å². The minimum absolute atomic E-state index is 0. The van der Waals surface area contributed by atoms with Crippen LogP contribution in [0.15, 0.2) is 52.4 Å². The van der Waals surface area contributed by atoms with E-state index in [9.17, 15) is 9.18 Å². The van der Waals surface area contributed by atoms with Gasteiger partial charge in [-0.25, -0.2) is 9.18 Å². The maximum absolute atomic E-state index is 13.4. The van der Waals surface area contributed by atoms with E-state index >= 15 is 0 Å². The third-order valence-electron chi connectivity index (χ3n) is 2.85. The van der Waals surface area contributed by atoms with Crippen LogP contribution in [0, 0.1) is 5.82 Å². The molecule has 20 heavy (non-hydrogen) atoms. The molecule has 0 aromatic heterocycles. The quantitative estimate of drug-likeness (QED) is 0.943. The van der Waals surface area contributed by atoms with E-state index in [0.717, 1.165) is 5.69 Å². The van der Waals surface area contributed by atoms with E-state index in [0.29, 0.717) is 22.8 Å². The molecule has 2 aromatic carbocycles. The zero-order chi connectivity index (χ0) is 13.2. The lowest BCUT2D eigenvalue weighted by molar-refractivity contribution is 0.256. The largest absolute Gasteiger partial charge is 0.381 e. The van der Waals surface area contributed by atoms with Gasteiger partial charge in [-0.1, -0.05) is 18.2 Å². The van der Waals surface area contributed by atoms with Gasteiger partial charge in [0, 0.05) is 17.8 Å². The summed E-state index contributed by atoms with van der Waals surface area (Å²) >= 11 is 0. The maximum Gasteiger partial charge on any atom is 0.368 e. The van der Waals surface area contributed by atoms with Gasteiger partial charge in [0.05, 0.1) is 10.7 Å². The second kappa shape index (κ2) is 5.79. The van der Waals surface area contributed by atoms with Gasteiger partial charge in [0.1, 0.15) is 5.82 Å². The Hall–Kier alpha value is -2.27. The van der Waals surface area contributed by atoms with E-state index < -0.39 is 6.03 Å². The van der Waals surface area contributed by atoms with Gasteiger partial charge in [0.15, 0.2) is 0 Å². The monoisotopic (exact) mass is 291 g/mol. The molecule has 2 aromatic rings. The first-order valence-corrected chi connectivity index (χ1v) is 5.81. The van der Waals surface area contributed by atoms with E-state index in [1.807, 2.05) is 0 Å². The SMILES string of the molecule is Cl.O=C1N=c2ccc(NCc3ccccc3F)cc2=N1. The van der Waals surface area contributed by atoms with Crippen LogP contribution in [0.4, 0.5) is 14.9 Å². The van der Waals surface area contributed by atoms with Gasteiger partial charge in [0.25, 0.3) is 0 Å². The molecule has 102 valence electrons. The Labute approximate surface area is 120 Å². The molecule has 2 amide bonds. The Morgan fingerprint density at radius 2 is 1.80 bits per heavy atom. The van der Waals surface area contributed by atoms with E-state index in [-0.39, 0.29) is 18.2 Å². The summed E-state index contributed by atoms with van der Waals surface area (Å²) in [6.45, 7) is 0.372. The van der Waals surface area contributed by atoms with E-state index in [4.69, 9.17) is 0 Å². The fourth-order valence-corrected chi connectivity index (χ4v) is 1.89. The van der Waals surface area contributed by atoms with E-state index in [1.165, 1.54) is 6.07 Å². The lowest BCUT2D eigenvalue weighted by Crippen LogP contribution is -2.21. The normalized spacial score (nSPS) is 11.9. The van der Waals surface area contributed by atoms with Crippen molar-refractivity contribution in [2.45, 2.75) is 6.54 Å². The summed E-state index contributed by atoms with van der Waals surface area (Å²) in [5, 5.41) is 4.21. The molecule has 0 atom stereocenters. The number of nitrogens with one attached hydrogen (secondary N) is 1. The van der Waals surface area contributed by atoms with Crippen molar-refractivity contribution >= 4 is 24.1 Å². The van der Waals surface area contributed by atoms with Gasteiger partial charge >= 0.3 is 6.03 Å². The molecule has 0 spiro atoms. The fourth-order valence-electron chi connectivity index (χ4n) is 1.89. The molecule has 1 heterocycles. The highest BCUT2D eigenvalue weighted by Crippen LogP contribution is 2.09. The second-order valence-corrected chi connectivity index (χ2v) is 4.15. The Morgan fingerprint density at radius 3 is 2.60 bits per heavy atom. The van der Waals surface area contributed by atoms with Crippen molar-refractivity contribution in [2.75, 3.05) is 5.32 Å². The van der Waals surface area contributed by atoms with Gasteiger partial charge in [-0.05, 0) is 24.3 Å². The first-order valence-electron chi connectivity index (χ1n) is 5.81. The molecule has 4 nitrogen and oxygen atoms in total. The molecule has 0 aliphatic carbocycles. The van der Waals surface area contributed by atoms with Crippen LogP contribution >= 0.6 is 12.4 Å². The van der Waals surface area contributed by atoms with Crippen LogP contribution in [0.5, 0.6) is 0 Å². The number of carbonyl (C=O) groups is 1. The first kappa shape index (κ1) is 14.1. The molecule has 0 saturated carbocycles. The topological polar surface area (TPSA) is 53.8 Å². The molecule has 1 N–H and O–H groups in total. The summed E-state index contributed by atoms with van der Waals surface area (Å²) in [5.41, 5.74) is 1.36. The Morgan fingerprint density at radius 1 is 1.05 bits per heavy atom. The summed E-state index contributed by atoms with van der Waals surface area (Å²) in [4.78, 5) is 18.5. The van der Waals surface area contributed by atoms with Crippen molar-refractivity contribution in [3.05, 3.63) is 64.6 Å². The van der Waals surface area contributed by atoms with Gasteiger partial charge in [-0.2, -0.15) is 9.98 Å². The lowest BCUT2D eigenvalue weighted by atomic mass is 10.2. The molecule has 3 rings (SSSR count). The molecule has 0 fully saturated rings. The van der Waals surface area contributed by atoms with Crippen LogP contribution in [0.3, 0.4) is 0 Å². The predicted molar refractivity (Wildman–Crippen MR) is 75.1 cm³/mol. The van der Waals surface area contributed by atoms with Crippen molar-refractivity contribution in [1.82, 2.24) is 0 Å². The first-order chi connectivity index (χ1) is 9.22. The van der Waals surface area contributed by atoms with Crippen molar-refractivity contribution in [3.8, 4) is 0 Å². The molecule has 0 saturated heterocycles. The summed E-state index contributed by atoms with van der Waals surface area (Å²) in [5.74, 6) is -0.244. The minimum Gasteiger partial charge on any atom is -0.381 e. The van der Waals surface area contributed by atoms with Crippen LogP contribution in [0.1, 0.15) is 5.56 Å². The Bertz CT molecular complexity index is 776. The Balaban J connectivity index is 0.00000147. The molecular weight excluding hydrogens is 281 g/mol. The highest BCUT2D eigenvalue weighted by atomic mass is 35.5. The van der Waals surface area contributed by atoms with Crippen LogP contribution in [0.25, 0.3) is 0 Å². The van der Waals surface area contributed by atoms with Gasteiger partial charge in [0.2, 0.25) is 0 Å². The average molecular weight is 292 g/mol. The Kier molecular flexibility index (Phi) is 4.10. The van der Waals surface area contributed by atoms with Crippen LogP contribution in [0.2, 0.25) is 0 Å². The maximum atomic E-state index is 13.4. The molecule has 0 radical (unpaired) electrons. The van der Waals surface area contributed by atoms with Gasteiger partial charge < -0.3 is 5.32 Å². The summed E-state index contributed by atoms with van der Waals surface area (Å²) in [7, 11) is 0. The third kappa shape index (κ3) is 2.83. The van der Waals surface area contributed by atoms with Crippen LogP contribution in [-0.4, -0.2) is 6.03 Å². The van der Waals surface area contributed by atoms with Crippen molar-refractivity contribution in [2.24, 2.45) is 9.98 Å². The zero-order valence-corrected chi connectivity index (χ0v) is 11.2. The number of halogens is 2. The summed E-state index contributed by atoms with van der Waals surface area (Å²) in [6, 6.07) is 11.3. The van der Waals surface area contributed by atoms with Crippen molar-refractivity contribution < 1.29 is 9.18 Å². The van der Waals surface area contributed by atoms with E-state index in [1.54, 1.807) is 36.4 Å². The van der Waals surface area contributed by atoms with Crippen LogP contribution in [-0.2, 0) is 6.54 Å². The summed E-state index contributed by atoms with van der Waals surface area (Å²) in [6.07, 6.45) is 0. The molecule has 1 aliphatic rings. The predicted octanol–water partition coefficient (Wildman–Crippen LogP) is 2.23. The standard InChI is InChI=1S/C14H10FN3O.ClH/c15-11-4-2-1-3-9(11)8-16-10-5-6-12-13(7-10)18-14(19)17-12;/h1-7,16H,8H2;1H. The molecule has 0 unspecified atom stereocenters. The second-order valence-electron chi connectivity index (χ2n) is 4.15. The highest BCUT2D eigenvalue weighted by Gasteiger charge is 2.05. The van der Waals surface area contributed by atoms with Gasteiger partial charge in [-0.3, -0.25) is 0 Å². The van der Waals surface area contributed by atoms with Crippen molar-refractivity contribution in [1.29, 1.82) is 0 Å². The number of fused-ring (bicyclic) bond motifs is 1. The molecule has 6 heteroatoms. The smallest absolute Gasteiger partial charge is 0.368 e. The summed E-state index contributed by atoms with van der Waals surface area (Å²) < 4.78 is 13.4. The van der Waals surface area contributed by atoms with Crippen LogP contribution < -0.4 is 16.0 Å². The number of anilines is 1. The number of rotatable bonds is 3. The number of benzene rings is 2. The molecular formula is C14H11ClFN3O. The highest BCUT2D eigenvalue weighted by molar-refractivity contribution is 5.85. The molecule has 0 bridgehead atoms. The number of hydrogen-bond donors (Lipinski definition) is 1. The lowest BCUT2D eigenvalue weighted by Gasteiger charge is -2.06. The number of carbonyl (C=O) groups excluding carboxylic acids is 1. The molecule has 1 aliphatic heterocycles. The zero-order valence-electron chi connectivity index (χ0n) is 10.3. The average Bonchev–Trinajstić information content (AvgIpc) is 2.77. The van der Waals surface area contributed by atoms with Gasteiger partial charge in [-0.15, -0.1) is 12.4 Å². The number of hydrogen-bond acceptors (Lipinski definition) is 2. The fraction of sp³-hybridized carbons (Fsp3) is 0.0714. The van der Waals surface area contributed by atoms with E-state index in [2.05, 4.69) is 15.3 Å². The number of urea groups is 1. The number of nitrogens with zero attached hydrogens (tertiary/aromatic N) is 2.